The molecule has 4 N–H and O–H groups in total. The highest BCUT2D eigenvalue weighted by Crippen LogP contribution is 2.33. The summed E-state index contributed by atoms with van der Waals surface area (Å²) in [4.78, 5) is 48.2. The largest absolute Gasteiger partial charge is 0.502 e. The quantitative estimate of drug-likeness (QED) is 0.0690. The van der Waals surface area contributed by atoms with Crippen molar-refractivity contribution in [3.63, 3.8) is 0 Å². The summed E-state index contributed by atoms with van der Waals surface area (Å²) in [6.45, 7) is 0.264. The molecule has 0 aliphatic heterocycles. The number of nitro groups is 1. The van der Waals surface area contributed by atoms with Crippen LogP contribution in [0.2, 0.25) is 0 Å². The van der Waals surface area contributed by atoms with E-state index in [1.165, 1.54) is 12.3 Å². The van der Waals surface area contributed by atoms with Crippen LogP contribution in [0.4, 0.5) is 5.69 Å². The van der Waals surface area contributed by atoms with Crippen molar-refractivity contribution in [2.75, 3.05) is 7.11 Å². The van der Waals surface area contributed by atoms with Crippen LogP contribution in [-0.4, -0.2) is 35.0 Å². The van der Waals surface area contributed by atoms with Gasteiger partial charge in [0.25, 0.3) is 5.91 Å². The molecule has 0 aliphatic rings. The highest BCUT2D eigenvalue weighted by atomic mass is 16.6. The third-order valence-corrected chi connectivity index (χ3v) is 5.66. The number of phenolic OH excluding ortho intramolecular Hbond substituents is 1. The van der Waals surface area contributed by atoms with Gasteiger partial charge in [0, 0.05) is 5.56 Å². The van der Waals surface area contributed by atoms with Crippen LogP contribution in [0.15, 0.2) is 77.4 Å². The molecule has 0 saturated heterocycles. The standard InChI is InChI=1S/C27H21N3O10/c1-37-17-7-5-15(6-8-17)14-39-18-4-2-3-16(13-18)19-11-12-38-24(19)27(34)40-26(33)20-9-10-21(31)23(30(35)36)22(20)25(32)29-28/h2-13,31H,14,28H2,1H3,(H,29,32). The van der Waals surface area contributed by atoms with E-state index >= 15 is 0 Å². The molecule has 40 heavy (non-hydrogen) atoms. The molecule has 13 heteroatoms. The molecule has 4 rings (SSSR count). The van der Waals surface area contributed by atoms with Gasteiger partial charge >= 0.3 is 17.6 Å². The number of carbonyl (C=O) groups excluding carboxylic acids is 3. The molecule has 0 bridgehead atoms. The van der Waals surface area contributed by atoms with Gasteiger partial charge in [0.15, 0.2) is 5.75 Å². The van der Waals surface area contributed by atoms with Crippen molar-refractivity contribution in [1.29, 1.82) is 0 Å². The minimum absolute atomic E-state index is 0.264. The van der Waals surface area contributed by atoms with Crippen LogP contribution in [0.5, 0.6) is 17.2 Å². The Labute approximate surface area is 225 Å². The number of carbonyl (C=O) groups is 3. The van der Waals surface area contributed by atoms with Crippen molar-refractivity contribution in [2.24, 2.45) is 5.84 Å². The van der Waals surface area contributed by atoms with Gasteiger partial charge in [0.1, 0.15) is 23.7 Å². The zero-order chi connectivity index (χ0) is 28.8. The Kier molecular flexibility index (Phi) is 8.06. The summed E-state index contributed by atoms with van der Waals surface area (Å²) in [5, 5.41) is 21.2. The van der Waals surface area contributed by atoms with Crippen molar-refractivity contribution in [1.82, 2.24) is 5.43 Å². The van der Waals surface area contributed by atoms with E-state index in [9.17, 15) is 29.6 Å². The molecule has 1 aromatic heterocycles. The number of nitro benzene ring substituents is 1. The van der Waals surface area contributed by atoms with E-state index in [0.29, 0.717) is 17.1 Å². The van der Waals surface area contributed by atoms with E-state index < -0.39 is 45.3 Å². The van der Waals surface area contributed by atoms with Crippen molar-refractivity contribution >= 4 is 23.5 Å². The first-order valence-electron chi connectivity index (χ1n) is 11.4. The molecule has 204 valence electrons. The first-order chi connectivity index (χ1) is 19.2. The van der Waals surface area contributed by atoms with E-state index in [-0.39, 0.29) is 17.9 Å². The number of amides is 1. The summed E-state index contributed by atoms with van der Waals surface area (Å²) in [5.74, 6) is 1.14. The Hall–Kier alpha value is -5.69. The number of phenols is 1. The Morgan fingerprint density at radius 1 is 1.02 bits per heavy atom. The molecule has 0 radical (unpaired) electrons. The average molecular weight is 547 g/mol. The topological polar surface area (TPSA) is 193 Å². The molecule has 0 fully saturated rings. The van der Waals surface area contributed by atoms with Crippen LogP contribution in [0.3, 0.4) is 0 Å². The Balaban J connectivity index is 1.55. The average Bonchev–Trinajstić information content (AvgIpc) is 3.46. The van der Waals surface area contributed by atoms with E-state index in [0.717, 1.165) is 17.7 Å². The number of aromatic hydroxyl groups is 1. The third-order valence-electron chi connectivity index (χ3n) is 5.66. The maximum absolute atomic E-state index is 12.9. The normalized spacial score (nSPS) is 10.4. The molecule has 1 heterocycles. The number of nitrogens with two attached hydrogens (primary N) is 1. The first-order valence-corrected chi connectivity index (χ1v) is 11.4. The molecule has 0 aliphatic carbocycles. The third kappa shape index (κ3) is 5.74. The van der Waals surface area contributed by atoms with Crippen molar-refractivity contribution < 1.29 is 43.0 Å². The van der Waals surface area contributed by atoms with E-state index in [1.54, 1.807) is 36.8 Å². The number of hydrogen-bond donors (Lipinski definition) is 3. The molecule has 0 unspecified atom stereocenters. The summed E-state index contributed by atoms with van der Waals surface area (Å²) >= 11 is 0. The fourth-order valence-corrected chi connectivity index (χ4v) is 3.76. The Morgan fingerprint density at radius 2 is 1.77 bits per heavy atom. The van der Waals surface area contributed by atoms with E-state index in [2.05, 4.69) is 0 Å². The lowest BCUT2D eigenvalue weighted by Crippen LogP contribution is -2.32. The van der Waals surface area contributed by atoms with Crippen LogP contribution in [0.1, 0.15) is 36.8 Å². The minimum atomic E-state index is -1.41. The zero-order valence-corrected chi connectivity index (χ0v) is 20.8. The number of nitrogen functional groups attached to an aromatic ring is 1. The molecular weight excluding hydrogens is 526 g/mol. The molecule has 0 spiro atoms. The second-order valence-electron chi connectivity index (χ2n) is 8.09. The van der Waals surface area contributed by atoms with Gasteiger partial charge in [-0.25, -0.2) is 15.4 Å². The number of esters is 2. The maximum atomic E-state index is 12.9. The Bertz CT molecular complexity index is 1590. The number of hydrazine groups is 1. The summed E-state index contributed by atoms with van der Waals surface area (Å²) in [6.07, 6.45) is 1.21. The van der Waals surface area contributed by atoms with Crippen LogP contribution in [0, 0.1) is 10.1 Å². The highest BCUT2D eigenvalue weighted by Gasteiger charge is 2.33. The molecule has 3 aromatic carbocycles. The molecule has 0 saturated carbocycles. The van der Waals surface area contributed by atoms with Gasteiger partial charge in [-0.05, 0) is 53.6 Å². The second-order valence-corrected chi connectivity index (χ2v) is 8.09. The predicted molar refractivity (Wildman–Crippen MR) is 138 cm³/mol. The van der Waals surface area contributed by atoms with Crippen molar-refractivity contribution in [2.45, 2.75) is 6.61 Å². The molecule has 1 amide bonds. The monoisotopic (exact) mass is 547 g/mol. The molecule has 4 aromatic rings. The SMILES string of the molecule is COc1ccc(COc2cccc(-c3ccoc3C(=O)OC(=O)c3ccc(O)c([N+](=O)[O-])c3C(=O)NN)c2)cc1. The molecular formula is C27H21N3O10. The number of furan rings is 1. The number of nitrogens with one attached hydrogen (secondary N) is 1. The molecule has 13 nitrogen and oxygen atoms in total. The van der Waals surface area contributed by atoms with Gasteiger partial charge in [-0.3, -0.25) is 20.3 Å². The number of hydrogen-bond acceptors (Lipinski definition) is 11. The van der Waals surface area contributed by atoms with Gasteiger partial charge < -0.3 is 23.7 Å². The lowest BCUT2D eigenvalue weighted by Gasteiger charge is -2.10. The predicted octanol–water partition coefficient (Wildman–Crippen LogP) is 3.75. The van der Waals surface area contributed by atoms with E-state index in [4.69, 9.17) is 24.5 Å². The van der Waals surface area contributed by atoms with Gasteiger partial charge in [0.05, 0.1) is 23.9 Å². The summed E-state index contributed by atoms with van der Waals surface area (Å²) in [6, 6.07) is 17.2. The lowest BCUT2D eigenvalue weighted by atomic mass is 10.0. The van der Waals surface area contributed by atoms with Crippen LogP contribution in [0.25, 0.3) is 11.1 Å². The van der Waals surface area contributed by atoms with E-state index in [1.807, 2.05) is 24.3 Å². The van der Waals surface area contributed by atoms with Crippen LogP contribution < -0.4 is 20.7 Å². The Morgan fingerprint density at radius 3 is 2.45 bits per heavy atom. The smallest absolute Gasteiger partial charge is 0.382 e. The lowest BCUT2D eigenvalue weighted by molar-refractivity contribution is -0.386. The fraction of sp³-hybridized carbons (Fsp3) is 0.0741. The number of nitrogens with zero attached hydrogens (tertiary/aromatic N) is 1. The second kappa shape index (κ2) is 11.8. The maximum Gasteiger partial charge on any atom is 0.382 e. The summed E-state index contributed by atoms with van der Waals surface area (Å²) in [5.41, 5.74) is 0.679. The number of benzene rings is 3. The van der Waals surface area contributed by atoms with Gasteiger partial charge in [-0.1, -0.05) is 24.3 Å². The number of rotatable bonds is 9. The van der Waals surface area contributed by atoms with Gasteiger partial charge in [-0.2, -0.15) is 0 Å². The van der Waals surface area contributed by atoms with Gasteiger partial charge in [0.2, 0.25) is 5.76 Å². The van der Waals surface area contributed by atoms with Gasteiger partial charge in [-0.15, -0.1) is 0 Å². The van der Waals surface area contributed by atoms with Crippen LogP contribution in [-0.2, 0) is 11.3 Å². The van der Waals surface area contributed by atoms with Crippen LogP contribution >= 0.6 is 0 Å². The summed E-state index contributed by atoms with van der Waals surface area (Å²) in [7, 11) is 1.57. The summed E-state index contributed by atoms with van der Waals surface area (Å²) < 4.78 is 21.1. The number of methoxy groups -OCH3 is 1. The minimum Gasteiger partial charge on any atom is -0.502 e. The fourth-order valence-electron chi connectivity index (χ4n) is 3.76. The van der Waals surface area contributed by atoms with Crippen molar-refractivity contribution in [3.8, 4) is 28.4 Å². The first kappa shape index (κ1) is 27.3. The molecule has 0 atom stereocenters. The number of ether oxygens (including phenoxy) is 3. The van der Waals surface area contributed by atoms with Crippen molar-refractivity contribution in [3.05, 3.63) is 106 Å². The zero-order valence-electron chi connectivity index (χ0n) is 20.8. The highest BCUT2D eigenvalue weighted by molar-refractivity contribution is 6.12.